The summed E-state index contributed by atoms with van der Waals surface area (Å²) < 4.78 is 11.5. The highest BCUT2D eigenvalue weighted by atomic mass is 35.5. The predicted octanol–water partition coefficient (Wildman–Crippen LogP) is 4.10. The number of hydrogen-bond donors (Lipinski definition) is 1. The van der Waals surface area contributed by atoms with E-state index in [1.54, 1.807) is 0 Å². The molecule has 2 aliphatic rings. The molecule has 2 N–H and O–H groups in total. The molecule has 0 aliphatic carbocycles. The van der Waals surface area contributed by atoms with Crippen LogP contribution in [0, 0.1) is 5.92 Å². The topological polar surface area (TPSA) is 47.7 Å². The lowest BCUT2D eigenvalue weighted by Gasteiger charge is -2.18. The summed E-state index contributed by atoms with van der Waals surface area (Å²) >= 11 is 6.44. The van der Waals surface area contributed by atoms with Crippen molar-refractivity contribution in [2.24, 2.45) is 11.7 Å². The quantitative estimate of drug-likeness (QED) is 0.826. The van der Waals surface area contributed by atoms with Crippen LogP contribution < -0.4 is 15.2 Å². The zero-order valence-corrected chi connectivity index (χ0v) is 16.8. The second-order valence-corrected chi connectivity index (χ2v) is 7.57. The number of halogens is 2. The minimum Gasteiger partial charge on any atom is -0.489 e. The maximum absolute atomic E-state index is 6.44. The number of rotatable bonds is 4. The molecule has 0 aromatic heterocycles. The van der Waals surface area contributed by atoms with E-state index >= 15 is 0 Å². The molecule has 0 radical (unpaired) electrons. The van der Waals surface area contributed by atoms with Crippen molar-refractivity contribution in [2.45, 2.75) is 18.9 Å². The van der Waals surface area contributed by atoms with Crippen molar-refractivity contribution in [3.05, 3.63) is 58.6 Å². The van der Waals surface area contributed by atoms with Crippen molar-refractivity contribution < 1.29 is 9.47 Å². The van der Waals surface area contributed by atoms with Crippen molar-refractivity contribution in [2.75, 3.05) is 32.8 Å². The molecular weight excluding hydrogens is 383 g/mol. The van der Waals surface area contributed by atoms with Crippen LogP contribution in [0.4, 0.5) is 0 Å². The van der Waals surface area contributed by atoms with Gasteiger partial charge in [-0.1, -0.05) is 41.9 Å². The highest BCUT2D eigenvalue weighted by Gasteiger charge is 2.33. The largest absolute Gasteiger partial charge is 0.489 e. The van der Waals surface area contributed by atoms with Crippen LogP contribution in [0.1, 0.15) is 23.5 Å². The molecule has 0 spiro atoms. The van der Waals surface area contributed by atoms with Crippen LogP contribution in [0.2, 0.25) is 5.02 Å². The van der Waals surface area contributed by atoms with Gasteiger partial charge in [-0.25, -0.2) is 0 Å². The van der Waals surface area contributed by atoms with Crippen molar-refractivity contribution in [3.8, 4) is 11.5 Å². The number of likely N-dealkylation sites (tertiary alicyclic amines) is 1. The molecule has 2 aromatic rings. The first-order valence-corrected chi connectivity index (χ1v) is 9.68. The molecule has 6 heteroatoms. The molecule has 4 nitrogen and oxygen atoms in total. The van der Waals surface area contributed by atoms with E-state index in [-0.39, 0.29) is 12.4 Å². The van der Waals surface area contributed by atoms with Crippen LogP contribution >= 0.6 is 24.0 Å². The van der Waals surface area contributed by atoms with E-state index in [2.05, 4.69) is 41.3 Å². The Hall–Kier alpha value is -1.46. The smallest absolute Gasteiger partial charge is 0.179 e. The Kier molecular flexibility index (Phi) is 6.88. The Bertz CT molecular complexity index is 757. The molecule has 2 aliphatic heterocycles. The van der Waals surface area contributed by atoms with E-state index in [1.165, 1.54) is 5.56 Å². The first-order valence-electron chi connectivity index (χ1n) is 9.30. The van der Waals surface area contributed by atoms with Gasteiger partial charge in [-0.15, -0.1) is 12.4 Å². The predicted molar refractivity (Wildman–Crippen MR) is 111 cm³/mol. The van der Waals surface area contributed by atoms with Gasteiger partial charge < -0.3 is 15.2 Å². The molecule has 2 atom stereocenters. The van der Waals surface area contributed by atoms with Gasteiger partial charge in [0.25, 0.3) is 0 Å². The van der Waals surface area contributed by atoms with Gasteiger partial charge in [0.1, 0.15) is 0 Å². The highest BCUT2D eigenvalue weighted by Crippen LogP contribution is 2.39. The van der Waals surface area contributed by atoms with Crippen LogP contribution in [-0.4, -0.2) is 37.7 Å². The monoisotopic (exact) mass is 408 g/mol. The second-order valence-electron chi connectivity index (χ2n) is 7.16. The SMILES string of the molecule is Cl.NC[C@@H]1CN(Cc2cc(Cl)c3c(c2)OCCCO3)C[C@H]1c1ccccc1. The molecule has 1 fully saturated rings. The van der Waals surface area contributed by atoms with Gasteiger partial charge in [-0.3, -0.25) is 4.90 Å². The summed E-state index contributed by atoms with van der Waals surface area (Å²) in [4.78, 5) is 2.46. The summed E-state index contributed by atoms with van der Waals surface area (Å²) in [5.74, 6) is 2.40. The molecule has 27 heavy (non-hydrogen) atoms. The molecule has 2 heterocycles. The zero-order valence-electron chi connectivity index (χ0n) is 15.3. The number of ether oxygens (including phenoxy) is 2. The third-order valence-electron chi connectivity index (χ3n) is 5.32. The summed E-state index contributed by atoms with van der Waals surface area (Å²) in [5.41, 5.74) is 8.60. The van der Waals surface area contributed by atoms with Crippen LogP contribution in [0.3, 0.4) is 0 Å². The third-order valence-corrected chi connectivity index (χ3v) is 5.60. The van der Waals surface area contributed by atoms with E-state index in [1.807, 2.05) is 6.07 Å². The number of fused-ring (bicyclic) bond motifs is 1. The second kappa shape index (κ2) is 9.16. The van der Waals surface area contributed by atoms with Crippen molar-refractivity contribution in [3.63, 3.8) is 0 Å². The highest BCUT2D eigenvalue weighted by molar-refractivity contribution is 6.32. The number of nitrogens with zero attached hydrogens (tertiary/aromatic N) is 1. The molecule has 0 bridgehead atoms. The van der Waals surface area contributed by atoms with Gasteiger partial charge >= 0.3 is 0 Å². The van der Waals surface area contributed by atoms with E-state index < -0.39 is 0 Å². The van der Waals surface area contributed by atoms with Gasteiger partial charge in [0.05, 0.1) is 18.2 Å². The lowest BCUT2D eigenvalue weighted by Crippen LogP contribution is -2.23. The van der Waals surface area contributed by atoms with Crippen molar-refractivity contribution in [1.82, 2.24) is 4.90 Å². The lowest BCUT2D eigenvalue weighted by molar-refractivity contribution is 0.296. The molecule has 0 amide bonds. The average Bonchev–Trinajstić information content (AvgIpc) is 2.91. The maximum Gasteiger partial charge on any atom is 0.179 e. The van der Waals surface area contributed by atoms with Gasteiger partial charge in [-0.2, -0.15) is 0 Å². The molecule has 0 saturated carbocycles. The number of benzene rings is 2. The van der Waals surface area contributed by atoms with E-state index in [9.17, 15) is 0 Å². The molecule has 0 unspecified atom stereocenters. The van der Waals surface area contributed by atoms with E-state index in [0.717, 1.165) is 37.4 Å². The minimum atomic E-state index is 0. The fourth-order valence-electron chi connectivity index (χ4n) is 4.04. The normalized spacial score (nSPS) is 22.1. The lowest BCUT2D eigenvalue weighted by atomic mass is 9.89. The molecule has 146 valence electrons. The number of hydrogen-bond acceptors (Lipinski definition) is 4. The Balaban J connectivity index is 0.00000210. The number of nitrogens with two attached hydrogens (primary N) is 1. The molecular formula is C21H26Cl2N2O2. The van der Waals surface area contributed by atoms with Crippen LogP contribution in [-0.2, 0) is 6.54 Å². The van der Waals surface area contributed by atoms with Gasteiger partial charge in [0.15, 0.2) is 11.5 Å². The molecule has 2 aromatic carbocycles. The zero-order chi connectivity index (χ0) is 17.9. The average molecular weight is 409 g/mol. The summed E-state index contributed by atoms with van der Waals surface area (Å²) in [6.45, 7) is 4.88. The first kappa shape index (κ1) is 20.3. The summed E-state index contributed by atoms with van der Waals surface area (Å²) in [5, 5.41) is 0.633. The fourth-order valence-corrected chi connectivity index (χ4v) is 4.33. The van der Waals surface area contributed by atoms with Gasteiger partial charge in [0.2, 0.25) is 0 Å². The summed E-state index contributed by atoms with van der Waals surface area (Å²) in [6, 6.07) is 14.8. The Morgan fingerprint density at radius 1 is 1.07 bits per heavy atom. The van der Waals surface area contributed by atoms with Crippen molar-refractivity contribution in [1.29, 1.82) is 0 Å². The molecule has 4 rings (SSSR count). The van der Waals surface area contributed by atoms with E-state index in [0.29, 0.717) is 42.4 Å². The van der Waals surface area contributed by atoms with E-state index in [4.69, 9.17) is 26.8 Å². The van der Waals surface area contributed by atoms with Crippen molar-refractivity contribution >= 4 is 24.0 Å². The standard InChI is InChI=1S/C21H25ClN2O2.ClH/c22-19-9-15(10-20-21(19)26-8-4-7-25-20)12-24-13-17(11-23)18(14-24)16-5-2-1-3-6-16;/h1-3,5-6,9-10,17-18H,4,7-8,11-14,23H2;1H/t17-,18+;/m1./s1. The fraction of sp³-hybridized carbons (Fsp3) is 0.429. The minimum absolute atomic E-state index is 0. The van der Waals surface area contributed by atoms with Crippen LogP contribution in [0.15, 0.2) is 42.5 Å². The Morgan fingerprint density at radius 2 is 1.85 bits per heavy atom. The third kappa shape index (κ3) is 4.52. The van der Waals surface area contributed by atoms with Gasteiger partial charge in [-0.05, 0) is 35.7 Å². The first-order chi connectivity index (χ1) is 12.7. The van der Waals surface area contributed by atoms with Gasteiger partial charge in [0, 0.05) is 32.0 Å². The van der Waals surface area contributed by atoms with Crippen LogP contribution in [0.25, 0.3) is 0 Å². The maximum atomic E-state index is 6.44. The summed E-state index contributed by atoms with van der Waals surface area (Å²) in [7, 11) is 0. The summed E-state index contributed by atoms with van der Waals surface area (Å²) in [6.07, 6.45) is 0.878. The molecule has 1 saturated heterocycles. The Labute approximate surface area is 172 Å². The van der Waals surface area contributed by atoms with Crippen LogP contribution in [0.5, 0.6) is 11.5 Å². The Morgan fingerprint density at radius 3 is 2.63 bits per heavy atom.